The van der Waals surface area contributed by atoms with Gasteiger partial charge in [0.1, 0.15) is 11.9 Å². The maximum Gasteiger partial charge on any atom is 0.290 e. The smallest absolute Gasteiger partial charge is 0.290 e. The zero-order valence-electron chi connectivity index (χ0n) is 16.0. The molecule has 2 aromatic carbocycles. The van der Waals surface area contributed by atoms with Crippen LogP contribution >= 0.6 is 0 Å². The number of benzene rings is 2. The maximum atomic E-state index is 13.3. The fraction of sp³-hybridized carbons (Fsp3) is 0.217. The first-order valence-corrected chi connectivity index (χ1v) is 9.43. The average Bonchev–Trinajstić information content (AvgIpc) is 3.28. The van der Waals surface area contributed by atoms with Gasteiger partial charge in [0.05, 0.1) is 6.26 Å². The quantitative estimate of drug-likeness (QED) is 0.681. The number of furan rings is 1. The predicted octanol–water partition coefficient (Wildman–Crippen LogP) is 3.64. The van der Waals surface area contributed by atoms with Crippen LogP contribution in [0.3, 0.4) is 0 Å². The van der Waals surface area contributed by atoms with Gasteiger partial charge < -0.3 is 14.2 Å². The van der Waals surface area contributed by atoms with Gasteiger partial charge in [-0.3, -0.25) is 9.59 Å². The molecule has 6 heteroatoms. The van der Waals surface area contributed by atoms with Crippen LogP contribution in [0.4, 0.5) is 4.39 Å². The monoisotopic (exact) mass is 392 g/mol. The number of fused-ring (bicyclic) bond motifs is 1. The molecule has 1 aliphatic heterocycles. The van der Waals surface area contributed by atoms with Crippen molar-refractivity contribution in [2.45, 2.75) is 25.6 Å². The van der Waals surface area contributed by atoms with E-state index in [-0.39, 0.29) is 23.4 Å². The van der Waals surface area contributed by atoms with Crippen LogP contribution in [0.2, 0.25) is 0 Å². The summed E-state index contributed by atoms with van der Waals surface area (Å²) < 4.78 is 18.4. The lowest BCUT2D eigenvalue weighted by Gasteiger charge is -2.37. The van der Waals surface area contributed by atoms with Crippen LogP contribution in [-0.4, -0.2) is 34.7 Å². The highest BCUT2D eigenvalue weighted by Crippen LogP contribution is 2.26. The summed E-state index contributed by atoms with van der Waals surface area (Å²) in [5, 5.41) is 0. The predicted molar refractivity (Wildman–Crippen MR) is 105 cm³/mol. The number of amides is 2. The molecule has 0 aliphatic carbocycles. The summed E-state index contributed by atoms with van der Waals surface area (Å²) in [6, 6.07) is 16.5. The lowest BCUT2D eigenvalue weighted by molar-refractivity contribution is -0.135. The molecule has 29 heavy (non-hydrogen) atoms. The zero-order chi connectivity index (χ0) is 20.4. The van der Waals surface area contributed by atoms with Crippen LogP contribution in [0.15, 0.2) is 71.3 Å². The molecule has 0 radical (unpaired) electrons. The largest absolute Gasteiger partial charge is 0.459 e. The number of nitrogens with zero attached hydrogens (tertiary/aromatic N) is 2. The Bertz CT molecular complexity index is 1010. The summed E-state index contributed by atoms with van der Waals surface area (Å²) in [4.78, 5) is 29.5. The number of hydrogen-bond donors (Lipinski definition) is 0. The molecule has 1 aromatic heterocycles. The molecule has 5 nitrogen and oxygen atoms in total. The van der Waals surface area contributed by atoms with E-state index in [2.05, 4.69) is 0 Å². The lowest BCUT2D eigenvalue weighted by atomic mass is 9.93. The number of likely N-dealkylation sites (N-methyl/N-ethyl adjacent to an activating group) is 1. The third-order valence-corrected chi connectivity index (χ3v) is 5.24. The molecule has 0 fully saturated rings. The summed E-state index contributed by atoms with van der Waals surface area (Å²) in [7, 11) is 1.70. The number of halogens is 1. The Balaban J connectivity index is 1.60. The van der Waals surface area contributed by atoms with Gasteiger partial charge in [0, 0.05) is 26.6 Å². The number of hydrogen-bond acceptors (Lipinski definition) is 3. The Kier molecular flexibility index (Phi) is 5.16. The van der Waals surface area contributed by atoms with Crippen molar-refractivity contribution in [3.8, 4) is 0 Å². The van der Waals surface area contributed by atoms with Gasteiger partial charge in [-0.1, -0.05) is 36.4 Å². The van der Waals surface area contributed by atoms with Crippen LogP contribution in [0.5, 0.6) is 0 Å². The standard InChI is InChI=1S/C23H21FN2O3/c1-25(14-16-8-10-19(24)11-9-16)22(27)20-13-17-5-2-3-6-18(17)15-26(20)23(28)21-7-4-12-29-21/h2-12,20H,13-15H2,1H3. The van der Waals surface area contributed by atoms with Crippen LogP contribution in [0, 0.1) is 5.82 Å². The van der Waals surface area contributed by atoms with E-state index in [4.69, 9.17) is 4.42 Å². The summed E-state index contributed by atoms with van der Waals surface area (Å²) in [6.45, 7) is 0.677. The van der Waals surface area contributed by atoms with E-state index in [0.29, 0.717) is 19.5 Å². The summed E-state index contributed by atoms with van der Waals surface area (Å²) in [5.74, 6) is -0.577. The van der Waals surface area contributed by atoms with E-state index in [1.165, 1.54) is 18.4 Å². The van der Waals surface area contributed by atoms with Crippen molar-refractivity contribution in [3.05, 3.63) is 95.2 Å². The number of carbonyl (C=O) groups is 2. The number of carbonyl (C=O) groups excluding carboxylic acids is 2. The average molecular weight is 392 g/mol. The van der Waals surface area contributed by atoms with Crippen molar-refractivity contribution >= 4 is 11.8 Å². The van der Waals surface area contributed by atoms with Gasteiger partial charge in [0.2, 0.25) is 5.91 Å². The minimum Gasteiger partial charge on any atom is -0.459 e. The minimum absolute atomic E-state index is 0.163. The zero-order valence-corrected chi connectivity index (χ0v) is 16.0. The normalized spacial score (nSPS) is 15.7. The lowest BCUT2D eigenvalue weighted by Crippen LogP contribution is -2.52. The Morgan fingerprint density at radius 1 is 1.07 bits per heavy atom. The molecule has 2 heterocycles. The molecule has 1 aliphatic rings. The highest BCUT2D eigenvalue weighted by atomic mass is 19.1. The maximum absolute atomic E-state index is 13.3. The third kappa shape index (κ3) is 3.92. The van der Waals surface area contributed by atoms with Gasteiger partial charge in [-0.25, -0.2) is 4.39 Å². The van der Waals surface area contributed by atoms with Gasteiger partial charge in [-0.2, -0.15) is 0 Å². The van der Waals surface area contributed by atoms with Gasteiger partial charge in [0.25, 0.3) is 5.91 Å². The molecule has 0 N–H and O–H groups in total. The van der Waals surface area contributed by atoms with E-state index in [1.807, 2.05) is 24.3 Å². The molecule has 0 bridgehead atoms. The Morgan fingerprint density at radius 2 is 1.79 bits per heavy atom. The highest BCUT2D eigenvalue weighted by molar-refractivity contribution is 5.96. The molecule has 0 spiro atoms. The summed E-state index contributed by atoms with van der Waals surface area (Å²) in [5.41, 5.74) is 2.91. The van der Waals surface area contributed by atoms with Crippen molar-refractivity contribution in [3.63, 3.8) is 0 Å². The minimum atomic E-state index is -0.632. The summed E-state index contributed by atoms with van der Waals surface area (Å²) >= 11 is 0. The molecule has 0 saturated carbocycles. The Morgan fingerprint density at radius 3 is 2.48 bits per heavy atom. The van der Waals surface area contributed by atoms with E-state index < -0.39 is 6.04 Å². The van der Waals surface area contributed by atoms with Gasteiger partial charge >= 0.3 is 0 Å². The molecular weight excluding hydrogens is 371 g/mol. The van der Waals surface area contributed by atoms with Crippen LogP contribution < -0.4 is 0 Å². The van der Waals surface area contributed by atoms with Gasteiger partial charge in [-0.05, 0) is 41.0 Å². The molecule has 148 valence electrons. The van der Waals surface area contributed by atoms with Crippen molar-refractivity contribution in [2.24, 2.45) is 0 Å². The highest BCUT2D eigenvalue weighted by Gasteiger charge is 2.37. The number of rotatable bonds is 4. The van der Waals surface area contributed by atoms with Gasteiger partial charge in [-0.15, -0.1) is 0 Å². The van der Waals surface area contributed by atoms with E-state index >= 15 is 0 Å². The van der Waals surface area contributed by atoms with Crippen molar-refractivity contribution in [1.29, 1.82) is 0 Å². The first-order chi connectivity index (χ1) is 14.0. The first-order valence-electron chi connectivity index (χ1n) is 9.43. The molecule has 3 aromatic rings. The van der Waals surface area contributed by atoms with Crippen molar-refractivity contribution < 1.29 is 18.4 Å². The van der Waals surface area contributed by atoms with Crippen molar-refractivity contribution in [2.75, 3.05) is 7.05 Å². The fourth-order valence-electron chi connectivity index (χ4n) is 3.69. The molecule has 1 atom stereocenters. The van der Waals surface area contributed by atoms with Crippen LogP contribution in [0.25, 0.3) is 0 Å². The molecular formula is C23H21FN2O3. The van der Waals surface area contributed by atoms with E-state index in [9.17, 15) is 14.0 Å². The fourth-order valence-corrected chi connectivity index (χ4v) is 3.69. The van der Waals surface area contributed by atoms with Crippen LogP contribution in [-0.2, 0) is 24.3 Å². The second-order valence-corrected chi connectivity index (χ2v) is 7.22. The summed E-state index contributed by atoms with van der Waals surface area (Å²) in [6.07, 6.45) is 1.89. The molecule has 2 amide bonds. The molecule has 1 unspecified atom stereocenters. The second kappa shape index (κ2) is 7.91. The second-order valence-electron chi connectivity index (χ2n) is 7.22. The Labute approximate surface area is 168 Å². The third-order valence-electron chi connectivity index (χ3n) is 5.24. The van der Waals surface area contributed by atoms with E-state index in [0.717, 1.165) is 16.7 Å². The Hall–Kier alpha value is -3.41. The van der Waals surface area contributed by atoms with E-state index in [1.54, 1.807) is 41.1 Å². The molecule has 4 rings (SSSR count). The molecule has 0 saturated heterocycles. The van der Waals surface area contributed by atoms with Crippen molar-refractivity contribution in [1.82, 2.24) is 9.80 Å². The van der Waals surface area contributed by atoms with Crippen LogP contribution in [0.1, 0.15) is 27.2 Å². The first kappa shape index (κ1) is 18.9. The topological polar surface area (TPSA) is 53.8 Å². The van der Waals surface area contributed by atoms with Gasteiger partial charge in [0.15, 0.2) is 5.76 Å². The SMILES string of the molecule is CN(Cc1ccc(F)cc1)C(=O)C1Cc2ccccc2CN1C(=O)c1ccco1.